The van der Waals surface area contributed by atoms with Gasteiger partial charge in [-0.1, -0.05) is 6.07 Å². The van der Waals surface area contributed by atoms with Crippen LogP contribution in [-0.4, -0.2) is 18.3 Å². The van der Waals surface area contributed by atoms with Crippen molar-refractivity contribution >= 4 is 17.6 Å². The Labute approximate surface area is 133 Å². The van der Waals surface area contributed by atoms with Gasteiger partial charge >= 0.3 is 0 Å². The van der Waals surface area contributed by atoms with Crippen molar-refractivity contribution in [1.29, 1.82) is 5.26 Å². The first-order valence-corrected chi connectivity index (χ1v) is 7.06. The van der Waals surface area contributed by atoms with Crippen LogP contribution in [0.3, 0.4) is 0 Å². The van der Waals surface area contributed by atoms with Crippen LogP contribution in [0, 0.1) is 18.3 Å². The number of Topliss-reactive ketones (excluding diaryl/α,β-unsaturated/α-hetero) is 1. The van der Waals surface area contributed by atoms with E-state index in [1.54, 1.807) is 31.2 Å². The number of carbonyl (C=O) groups excluding carboxylic acids is 2. The molecule has 0 saturated carbocycles. The number of nitriles is 1. The van der Waals surface area contributed by atoms with Crippen LogP contribution in [0.4, 0.5) is 5.88 Å². The lowest BCUT2D eigenvalue weighted by Gasteiger charge is -2.06. The first-order valence-electron chi connectivity index (χ1n) is 7.06. The average molecular weight is 312 g/mol. The maximum absolute atomic E-state index is 12.3. The van der Waals surface area contributed by atoms with Gasteiger partial charge in [0.05, 0.1) is 12.2 Å². The third-order valence-electron chi connectivity index (χ3n) is 3.18. The molecule has 0 unspecified atom stereocenters. The molecule has 6 heteroatoms. The summed E-state index contributed by atoms with van der Waals surface area (Å²) in [5, 5.41) is 11.8. The van der Waals surface area contributed by atoms with Crippen molar-refractivity contribution in [1.82, 2.24) is 0 Å². The molecule has 0 saturated heterocycles. The summed E-state index contributed by atoms with van der Waals surface area (Å²) in [6, 6.07) is 8.54. The van der Waals surface area contributed by atoms with E-state index in [1.165, 1.54) is 6.92 Å². The molecule has 1 aromatic heterocycles. The van der Waals surface area contributed by atoms with Gasteiger partial charge in [0.1, 0.15) is 23.1 Å². The number of carbonyl (C=O) groups is 2. The maximum Gasteiger partial charge on any atom is 0.258 e. The Morgan fingerprint density at radius 3 is 2.74 bits per heavy atom. The summed E-state index contributed by atoms with van der Waals surface area (Å²) in [5.74, 6) is 0.101. The molecule has 0 spiro atoms. The van der Waals surface area contributed by atoms with Gasteiger partial charge in [-0.3, -0.25) is 14.9 Å². The predicted molar refractivity (Wildman–Crippen MR) is 83.7 cm³/mol. The van der Waals surface area contributed by atoms with Crippen molar-refractivity contribution in [2.24, 2.45) is 0 Å². The van der Waals surface area contributed by atoms with Gasteiger partial charge in [-0.15, -0.1) is 0 Å². The molecule has 1 aromatic carbocycles. The van der Waals surface area contributed by atoms with Gasteiger partial charge in [-0.05, 0) is 39.0 Å². The number of benzene rings is 1. The number of amides is 1. The van der Waals surface area contributed by atoms with E-state index in [0.717, 1.165) is 0 Å². The third-order valence-corrected chi connectivity index (χ3v) is 3.18. The molecular formula is C17H16N2O4. The summed E-state index contributed by atoms with van der Waals surface area (Å²) in [6.45, 7) is 5.25. The van der Waals surface area contributed by atoms with Gasteiger partial charge in [0, 0.05) is 5.56 Å². The predicted octanol–water partition coefficient (Wildman–Crippen LogP) is 3.31. The zero-order chi connectivity index (χ0) is 17.0. The second kappa shape index (κ2) is 6.79. The van der Waals surface area contributed by atoms with Crippen LogP contribution in [0.2, 0.25) is 0 Å². The molecule has 6 nitrogen and oxygen atoms in total. The summed E-state index contributed by atoms with van der Waals surface area (Å²) in [5.41, 5.74) is 0.577. The Morgan fingerprint density at radius 2 is 2.13 bits per heavy atom. The van der Waals surface area contributed by atoms with Crippen LogP contribution in [-0.2, 0) is 0 Å². The van der Waals surface area contributed by atoms with E-state index in [4.69, 9.17) is 9.15 Å². The highest BCUT2D eigenvalue weighted by molar-refractivity contribution is 6.06. The van der Waals surface area contributed by atoms with Gasteiger partial charge in [0.15, 0.2) is 5.78 Å². The van der Waals surface area contributed by atoms with Crippen molar-refractivity contribution < 1.29 is 18.7 Å². The van der Waals surface area contributed by atoms with E-state index in [9.17, 15) is 14.9 Å². The highest BCUT2D eigenvalue weighted by atomic mass is 16.5. The van der Waals surface area contributed by atoms with Crippen LogP contribution < -0.4 is 10.1 Å². The third kappa shape index (κ3) is 3.40. The topological polar surface area (TPSA) is 92.3 Å². The van der Waals surface area contributed by atoms with E-state index in [2.05, 4.69) is 5.32 Å². The number of ketones is 1. The van der Waals surface area contributed by atoms with E-state index in [-0.39, 0.29) is 22.8 Å². The second-order valence-corrected chi connectivity index (χ2v) is 4.82. The summed E-state index contributed by atoms with van der Waals surface area (Å²) in [4.78, 5) is 23.9. The minimum atomic E-state index is -0.452. The van der Waals surface area contributed by atoms with E-state index < -0.39 is 5.91 Å². The normalized spacial score (nSPS) is 10.0. The van der Waals surface area contributed by atoms with E-state index in [1.807, 2.05) is 13.0 Å². The minimum absolute atomic E-state index is 0.0259. The monoisotopic (exact) mass is 312 g/mol. The minimum Gasteiger partial charge on any atom is -0.494 e. The fraction of sp³-hybridized carbons (Fsp3) is 0.235. The standard InChI is InChI=1S/C17H16N2O4/c1-4-22-13-7-5-6-12(8-13)16(21)19-17-14(9-18)15(10(2)20)11(3)23-17/h5-8H,4H2,1-3H3,(H,19,21). The molecule has 0 aliphatic heterocycles. The SMILES string of the molecule is CCOc1cccc(C(=O)Nc2oc(C)c(C(C)=O)c2C#N)c1. The van der Waals surface area contributed by atoms with Crippen molar-refractivity contribution in [2.75, 3.05) is 11.9 Å². The zero-order valence-corrected chi connectivity index (χ0v) is 13.1. The van der Waals surface area contributed by atoms with Crippen molar-refractivity contribution in [2.45, 2.75) is 20.8 Å². The molecule has 1 heterocycles. The number of aryl methyl sites for hydroxylation is 1. The molecule has 0 aliphatic rings. The summed E-state index contributed by atoms with van der Waals surface area (Å²) < 4.78 is 10.7. The largest absolute Gasteiger partial charge is 0.494 e. The van der Waals surface area contributed by atoms with Gasteiger partial charge < -0.3 is 9.15 Å². The molecule has 1 amide bonds. The number of nitrogens with zero attached hydrogens (tertiary/aromatic N) is 1. The Balaban J connectivity index is 2.31. The number of rotatable bonds is 5. The number of anilines is 1. The molecule has 23 heavy (non-hydrogen) atoms. The zero-order valence-electron chi connectivity index (χ0n) is 13.1. The van der Waals surface area contributed by atoms with Gasteiger partial charge in [-0.25, -0.2) is 0 Å². The summed E-state index contributed by atoms with van der Waals surface area (Å²) in [7, 11) is 0. The number of nitrogens with one attached hydrogen (secondary N) is 1. The molecule has 0 atom stereocenters. The number of hydrogen-bond donors (Lipinski definition) is 1. The fourth-order valence-corrected chi connectivity index (χ4v) is 2.23. The van der Waals surface area contributed by atoms with Crippen molar-refractivity contribution in [3.63, 3.8) is 0 Å². The molecular weight excluding hydrogens is 296 g/mol. The van der Waals surface area contributed by atoms with Crippen molar-refractivity contribution in [3.8, 4) is 11.8 Å². The molecule has 2 rings (SSSR count). The lowest BCUT2D eigenvalue weighted by molar-refractivity contribution is 0.101. The number of furan rings is 1. The van der Waals surface area contributed by atoms with E-state index >= 15 is 0 Å². The Kier molecular flexibility index (Phi) is 4.82. The molecule has 0 radical (unpaired) electrons. The first kappa shape index (κ1) is 16.3. The highest BCUT2D eigenvalue weighted by Crippen LogP contribution is 2.27. The van der Waals surface area contributed by atoms with Crippen LogP contribution in [0.25, 0.3) is 0 Å². The van der Waals surface area contributed by atoms with Crippen LogP contribution >= 0.6 is 0 Å². The van der Waals surface area contributed by atoms with Gasteiger partial charge in [0.2, 0.25) is 5.88 Å². The summed E-state index contributed by atoms with van der Waals surface area (Å²) in [6.07, 6.45) is 0. The van der Waals surface area contributed by atoms with Gasteiger partial charge in [0.25, 0.3) is 5.91 Å². The molecule has 0 aliphatic carbocycles. The fourth-order valence-electron chi connectivity index (χ4n) is 2.23. The first-order chi connectivity index (χ1) is 11.0. The molecule has 118 valence electrons. The molecule has 2 aromatic rings. The lowest BCUT2D eigenvalue weighted by Crippen LogP contribution is -2.12. The molecule has 0 bridgehead atoms. The number of ether oxygens (including phenoxy) is 1. The lowest BCUT2D eigenvalue weighted by atomic mass is 10.1. The smallest absolute Gasteiger partial charge is 0.258 e. The van der Waals surface area contributed by atoms with Crippen LogP contribution in [0.1, 0.15) is 45.9 Å². The Morgan fingerprint density at radius 1 is 1.39 bits per heavy atom. The number of hydrogen-bond acceptors (Lipinski definition) is 5. The molecule has 1 N–H and O–H groups in total. The second-order valence-electron chi connectivity index (χ2n) is 4.82. The van der Waals surface area contributed by atoms with Crippen LogP contribution in [0.15, 0.2) is 28.7 Å². The quantitative estimate of drug-likeness (QED) is 0.855. The van der Waals surface area contributed by atoms with Crippen LogP contribution in [0.5, 0.6) is 5.75 Å². The Bertz CT molecular complexity index is 799. The Hall–Kier alpha value is -3.07. The average Bonchev–Trinajstić information content (AvgIpc) is 2.83. The highest BCUT2D eigenvalue weighted by Gasteiger charge is 2.22. The van der Waals surface area contributed by atoms with Gasteiger partial charge in [-0.2, -0.15) is 5.26 Å². The van der Waals surface area contributed by atoms with Crippen molar-refractivity contribution in [3.05, 3.63) is 46.7 Å². The van der Waals surface area contributed by atoms with E-state index in [0.29, 0.717) is 23.7 Å². The molecule has 0 fully saturated rings. The maximum atomic E-state index is 12.3. The summed E-state index contributed by atoms with van der Waals surface area (Å²) >= 11 is 0.